The molecule has 13 aromatic rings. The van der Waals surface area contributed by atoms with Gasteiger partial charge in [0.15, 0.2) is 0 Å². The van der Waals surface area contributed by atoms with Gasteiger partial charge in [0.05, 0.1) is 44.7 Å². The lowest BCUT2D eigenvalue weighted by molar-refractivity contribution is 0.995. The SMILES string of the molecule is c1ccc(-c2cc(-c3ccccc3)nc(-n3c4ccccc4c4ccc(-c5cc6ccc7cccc8c7c6c(c5)n8-c5nc(-c6ccccc6)c6ccccc6n5)cc43)n2)cc1. The van der Waals surface area contributed by atoms with E-state index in [0.717, 1.165) is 94.0 Å². The summed E-state index contributed by atoms with van der Waals surface area (Å²) in [6, 6.07) is 72.5. The molecule has 6 heteroatoms. The van der Waals surface area contributed by atoms with Gasteiger partial charge < -0.3 is 0 Å². The highest BCUT2D eigenvalue weighted by Crippen LogP contribution is 2.43. The quantitative estimate of drug-likeness (QED) is 0.157. The molecule has 0 unspecified atom stereocenters. The molecule has 0 fully saturated rings. The molecule has 0 radical (unpaired) electrons. The van der Waals surface area contributed by atoms with Crippen LogP contribution in [0.2, 0.25) is 0 Å². The first kappa shape index (κ1) is 34.4. The molecule has 0 amide bonds. The monoisotopic (exact) mass is 790 g/mol. The average molecular weight is 791 g/mol. The molecule has 0 atom stereocenters. The number of nitrogens with zero attached hydrogens (tertiary/aromatic N) is 6. The summed E-state index contributed by atoms with van der Waals surface area (Å²) < 4.78 is 4.49. The van der Waals surface area contributed by atoms with Gasteiger partial charge in [-0.25, -0.2) is 19.9 Å². The van der Waals surface area contributed by atoms with Gasteiger partial charge in [0.1, 0.15) is 0 Å². The van der Waals surface area contributed by atoms with E-state index >= 15 is 0 Å². The van der Waals surface area contributed by atoms with Crippen LogP contribution < -0.4 is 0 Å². The molecule has 0 aliphatic heterocycles. The van der Waals surface area contributed by atoms with Crippen molar-refractivity contribution >= 4 is 65.3 Å². The molecule has 9 aromatic carbocycles. The fourth-order valence-corrected chi connectivity index (χ4v) is 9.47. The molecular formula is C56H34N6. The first-order valence-corrected chi connectivity index (χ1v) is 20.9. The molecule has 0 saturated heterocycles. The van der Waals surface area contributed by atoms with E-state index < -0.39 is 0 Å². The van der Waals surface area contributed by atoms with Gasteiger partial charge in [-0.2, -0.15) is 0 Å². The second-order valence-electron chi connectivity index (χ2n) is 15.9. The summed E-state index contributed by atoms with van der Waals surface area (Å²) in [6.07, 6.45) is 0. The standard InChI is InChI=1S/C56H34N6/c1-4-15-35(16-5-1)46-34-47(36-17-6-2-7-18-36)59-55(58-46)61-48-25-13-11-22-42(48)43-30-29-39(32-50(43)61)41-31-40-28-27-37-21-14-26-49-52(37)53(40)51(33-41)62(49)56-57-45-24-12-10-23-44(45)54(60-56)38-19-8-3-9-20-38/h1-34H. The molecule has 62 heavy (non-hydrogen) atoms. The number of para-hydroxylation sites is 2. The fourth-order valence-electron chi connectivity index (χ4n) is 9.47. The van der Waals surface area contributed by atoms with Gasteiger partial charge in [0.2, 0.25) is 11.9 Å². The molecule has 0 bridgehead atoms. The van der Waals surface area contributed by atoms with E-state index in [9.17, 15) is 0 Å². The number of rotatable bonds is 6. The zero-order chi connectivity index (χ0) is 40.7. The lowest BCUT2D eigenvalue weighted by atomic mass is 9.97. The summed E-state index contributed by atoms with van der Waals surface area (Å²) in [4.78, 5) is 21.2. The van der Waals surface area contributed by atoms with E-state index in [2.05, 4.69) is 191 Å². The third kappa shape index (κ3) is 5.30. The van der Waals surface area contributed by atoms with Crippen molar-refractivity contribution in [3.63, 3.8) is 0 Å². The van der Waals surface area contributed by atoms with Crippen molar-refractivity contribution in [2.75, 3.05) is 0 Å². The van der Waals surface area contributed by atoms with Crippen LogP contribution in [0, 0.1) is 0 Å². The van der Waals surface area contributed by atoms with Crippen LogP contribution in [0.3, 0.4) is 0 Å². The minimum absolute atomic E-state index is 0.623. The van der Waals surface area contributed by atoms with Crippen LogP contribution in [0.4, 0.5) is 0 Å². The van der Waals surface area contributed by atoms with E-state index in [4.69, 9.17) is 19.9 Å². The van der Waals surface area contributed by atoms with Gasteiger partial charge >= 0.3 is 0 Å². The maximum atomic E-state index is 5.38. The van der Waals surface area contributed by atoms with Crippen molar-refractivity contribution in [2.45, 2.75) is 0 Å². The van der Waals surface area contributed by atoms with Crippen molar-refractivity contribution in [1.29, 1.82) is 0 Å². The minimum Gasteiger partial charge on any atom is -0.278 e. The van der Waals surface area contributed by atoms with Gasteiger partial charge in [0.25, 0.3) is 0 Å². The minimum atomic E-state index is 0.623. The van der Waals surface area contributed by atoms with E-state index in [0.29, 0.717) is 11.9 Å². The number of fused-ring (bicyclic) bond motifs is 4. The second kappa shape index (κ2) is 13.5. The molecule has 6 nitrogen and oxygen atoms in total. The van der Waals surface area contributed by atoms with E-state index in [1.54, 1.807) is 0 Å². The summed E-state index contributed by atoms with van der Waals surface area (Å²) in [7, 11) is 0. The number of hydrogen-bond donors (Lipinski definition) is 0. The van der Waals surface area contributed by atoms with Crippen LogP contribution in [0.25, 0.3) is 122 Å². The molecule has 4 aromatic heterocycles. The summed E-state index contributed by atoms with van der Waals surface area (Å²) in [5.74, 6) is 1.27. The Morgan fingerprint density at radius 3 is 1.61 bits per heavy atom. The Hall–Kier alpha value is -8.48. The van der Waals surface area contributed by atoms with Gasteiger partial charge in [-0.15, -0.1) is 0 Å². The van der Waals surface area contributed by atoms with Crippen molar-refractivity contribution < 1.29 is 0 Å². The van der Waals surface area contributed by atoms with E-state index in [1.807, 2.05) is 24.3 Å². The lowest BCUT2D eigenvalue weighted by Crippen LogP contribution is -2.04. The average Bonchev–Trinajstić information content (AvgIpc) is 3.87. The highest BCUT2D eigenvalue weighted by Gasteiger charge is 2.22. The molecule has 0 aliphatic carbocycles. The first-order chi connectivity index (χ1) is 30.7. The zero-order valence-electron chi connectivity index (χ0n) is 33.3. The summed E-state index contributed by atoms with van der Waals surface area (Å²) in [6.45, 7) is 0. The van der Waals surface area contributed by atoms with Crippen LogP contribution in [0.5, 0.6) is 0 Å². The topological polar surface area (TPSA) is 61.4 Å². The Labute approximate surface area is 356 Å². The Morgan fingerprint density at radius 2 is 0.855 bits per heavy atom. The zero-order valence-corrected chi connectivity index (χ0v) is 33.3. The molecule has 0 saturated carbocycles. The highest BCUT2D eigenvalue weighted by atomic mass is 15.2. The summed E-state index contributed by atoms with van der Waals surface area (Å²) in [5.41, 5.74) is 13.1. The lowest BCUT2D eigenvalue weighted by Gasteiger charge is -2.13. The molecule has 0 spiro atoms. The molecule has 0 N–H and O–H groups in total. The molecule has 4 heterocycles. The summed E-state index contributed by atoms with van der Waals surface area (Å²) in [5, 5.41) is 8.07. The smallest absolute Gasteiger partial charge is 0.235 e. The van der Waals surface area contributed by atoms with Crippen molar-refractivity contribution in [3.05, 3.63) is 206 Å². The Bertz CT molecular complexity index is 3790. The van der Waals surface area contributed by atoms with Crippen LogP contribution >= 0.6 is 0 Å². The predicted molar refractivity (Wildman–Crippen MR) is 254 cm³/mol. The van der Waals surface area contributed by atoms with Gasteiger partial charge in [-0.05, 0) is 64.4 Å². The van der Waals surface area contributed by atoms with Gasteiger partial charge in [0, 0.05) is 43.6 Å². The number of hydrogen-bond acceptors (Lipinski definition) is 4. The maximum Gasteiger partial charge on any atom is 0.235 e. The van der Waals surface area contributed by atoms with Crippen LogP contribution in [0.15, 0.2) is 206 Å². The summed E-state index contributed by atoms with van der Waals surface area (Å²) >= 11 is 0. The van der Waals surface area contributed by atoms with Crippen molar-refractivity contribution in [1.82, 2.24) is 29.1 Å². The molecular weight excluding hydrogens is 757 g/mol. The third-order valence-electron chi connectivity index (χ3n) is 12.3. The maximum absolute atomic E-state index is 5.38. The van der Waals surface area contributed by atoms with Gasteiger partial charge in [-0.1, -0.05) is 164 Å². The molecule has 13 rings (SSSR count). The predicted octanol–water partition coefficient (Wildman–Crippen LogP) is 13.9. The Morgan fingerprint density at radius 1 is 0.290 bits per heavy atom. The van der Waals surface area contributed by atoms with Crippen LogP contribution in [-0.4, -0.2) is 29.1 Å². The third-order valence-corrected chi connectivity index (χ3v) is 12.3. The number of benzene rings is 9. The second-order valence-corrected chi connectivity index (χ2v) is 15.9. The van der Waals surface area contributed by atoms with E-state index in [1.165, 1.54) is 16.2 Å². The highest BCUT2D eigenvalue weighted by molar-refractivity contribution is 6.25. The largest absolute Gasteiger partial charge is 0.278 e. The normalized spacial score (nSPS) is 11.9. The molecule has 288 valence electrons. The van der Waals surface area contributed by atoms with Crippen LogP contribution in [0.1, 0.15) is 0 Å². The van der Waals surface area contributed by atoms with Crippen molar-refractivity contribution in [2.24, 2.45) is 0 Å². The van der Waals surface area contributed by atoms with Gasteiger partial charge in [-0.3, -0.25) is 9.13 Å². The van der Waals surface area contributed by atoms with Crippen molar-refractivity contribution in [3.8, 4) is 56.8 Å². The fraction of sp³-hybridized carbons (Fsp3) is 0. The Balaban J connectivity index is 1.06. The molecule has 0 aliphatic rings. The first-order valence-electron chi connectivity index (χ1n) is 20.9. The van der Waals surface area contributed by atoms with E-state index in [-0.39, 0.29) is 0 Å². The van der Waals surface area contributed by atoms with Crippen LogP contribution in [-0.2, 0) is 0 Å². The Kier molecular flexibility index (Phi) is 7.50. The number of aromatic nitrogens is 6.